The van der Waals surface area contributed by atoms with E-state index < -0.39 is 152 Å². The number of halogens is 3. The molecule has 2 fully saturated rings. The number of fused-ring (bicyclic) bond motifs is 2. The Hall–Kier alpha value is -4.19. The highest BCUT2D eigenvalue weighted by Crippen LogP contribution is 2.51. The van der Waals surface area contributed by atoms with Gasteiger partial charge in [0.05, 0.1) is 64.6 Å². The largest absolute Gasteiger partial charge is 0.496 e. The van der Waals surface area contributed by atoms with Gasteiger partial charge in [0, 0.05) is 53.5 Å². The van der Waals surface area contributed by atoms with E-state index in [-0.39, 0.29) is 22.9 Å². The number of methoxy groups -OCH3 is 1. The fourth-order valence-corrected chi connectivity index (χ4v) is 9.54. The Morgan fingerprint density at radius 2 is 1.76 bits per heavy atom. The Morgan fingerprint density at radius 3 is 2.38 bits per heavy atom. The maximum atomic E-state index is 13.9. The number of non-ortho nitro benzene ring substituents is 1. The van der Waals surface area contributed by atoms with Crippen LogP contribution in [0.1, 0.15) is 52.5 Å². The predicted octanol–water partition coefficient (Wildman–Crippen LogP) is 0.580. The molecule has 0 radical (unpaired) electrons. The molecule has 4 aliphatic rings. The van der Waals surface area contributed by atoms with Gasteiger partial charge in [-0.15, -0.1) is 0 Å². The highest BCUT2D eigenvalue weighted by Gasteiger charge is 2.60. The third-order valence-electron chi connectivity index (χ3n) is 10.7. The van der Waals surface area contributed by atoms with Crippen LogP contribution in [0, 0.1) is 22.0 Å². The van der Waals surface area contributed by atoms with Gasteiger partial charge in [-0.25, -0.2) is 13.1 Å². The summed E-state index contributed by atoms with van der Waals surface area (Å²) < 4.78 is 87.6. The Labute approximate surface area is 309 Å². The van der Waals surface area contributed by atoms with Crippen molar-refractivity contribution in [1.82, 2.24) is 4.72 Å². The van der Waals surface area contributed by atoms with Crippen LogP contribution < -0.4 is 9.46 Å². The fourth-order valence-electron chi connectivity index (χ4n) is 8.07. The lowest BCUT2D eigenvalue weighted by Gasteiger charge is -2.52. The maximum absolute atomic E-state index is 13.9. The van der Waals surface area contributed by atoms with Gasteiger partial charge in [0.2, 0.25) is 10.0 Å². The number of ketones is 3. The molecule has 298 valence electrons. The molecule has 0 aromatic heterocycles. The first-order chi connectivity index (χ1) is 25.6. The molecular weight excluding hydrogens is 765 g/mol. The van der Waals surface area contributed by atoms with Crippen molar-refractivity contribution in [3.05, 3.63) is 74.3 Å². The summed E-state index contributed by atoms with van der Waals surface area (Å²) in [7, 11) is -3.94. The lowest BCUT2D eigenvalue weighted by atomic mass is 9.57. The summed E-state index contributed by atoms with van der Waals surface area (Å²) >= 11 is 0. The number of rotatable bonds is 9. The SMILES string of the molecule is COc1cccc2c1C(=O)C1=C(C2=O)C(O)C2CC(O)(C(=O)CO)CC(OC3CC(NS(=O)(=O)c4ccc([N+](=O)[O-])cc4C(F)(F)F)C(O)C(C)O3)C2C1O. The standard InChI is InChI=1S/C34H35F3N2O15S/c1-13-28(42)18(38-55(50,51)21-7-6-14(39(48)49)8-17(21)34(35,36)37)9-23(53-13)54-20-11-33(47,22(41)12-40)10-16-25(20)32(46)27-26(30(16)44)29(43)15-4-3-5-19(52-2)24(15)31(27)45/h3-8,13,16,18,20,23,25,28,30,32,38,40,42,44,46-47H,9-12H2,1-2H3. The molecule has 21 heteroatoms. The summed E-state index contributed by atoms with van der Waals surface area (Å²) in [5.41, 5.74) is -6.63. The average Bonchev–Trinajstić information content (AvgIpc) is 3.12. The number of aliphatic hydroxyl groups excluding tert-OH is 4. The number of alkyl halides is 3. The zero-order valence-electron chi connectivity index (χ0n) is 28.8. The van der Waals surface area contributed by atoms with Crippen LogP contribution in [0.5, 0.6) is 5.75 Å². The van der Waals surface area contributed by atoms with Crippen LogP contribution in [0.2, 0.25) is 0 Å². The number of hydrogen-bond donors (Lipinski definition) is 6. The van der Waals surface area contributed by atoms with Gasteiger partial charge in [0.25, 0.3) is 5.69 Å². The lowest BCUT2D eigenvalue weighted by Crippen LogP contribution is -2.63. The van der Waals surface area contributed by atoms with E-state index in [2.05, 4.69) is 0 Å². The Kier molecular flexibility index (Phi) is 10.6. The molecule has 10 unspecified atom stereocenters. The molecule has 1 saturated carbocycles. The number of nitrogens with one attached hydrogen (secondary N) is 1. The zero-order chi connectivity index (χ0) is 40.5. The summed E-state index contributed by atoms with van der Waals surface area (Å²) in [4.78, 5) is 49.2. The van der Waals surface area contributed by atoms with Crippen LogP contribution in [0.25, 0.3) is 0 Å². The summed E-state index contributed by atoms with van der Waals surface area (Å²) in [5.74, 6) is -5.56. The quantitative estimate of drug-likeness (QED) is 0.150. The summed E-state index contributed by atoms with van der Waals surface area (Å²) in [6.45, 7) is 0.0879. The van der Waals surface area contributed by atoms with Gasteiger partial charge in [0.1, 0.15) is 18.0 Å². The zero-order valence-corrected chi connectivity index (χ0v) is 29.6. The lowest BCUT2D eigenvalue weighted by molar-refractivity contribution is -0.385. The van der Waals surface area contributed by atoms with Gasteiger partial charge in [-0.1, -0.05) is 12.1 Å². The van der Waals surface area contributed by atoms with E-state index in [1.807, 2.05) is 4.72 Å². The minimum absolute atomic E-state index is 0.00157. The molecule has 3 aliphatic carbocycles. The number of ether oxygens (including phenoxy) is 3. The Morgan fingerprint density at radius 1 is 1.09 bits per heavy atom. The van der Waals surface area contributed by atoms with Crippen molar-refractivity contribution in [3.8, 4) is 5.75 Å². The van der Waals surface area contributed by atoms with Gasteiger partial charge in [-0.05, 0) is 25.5 Å². The molecule has 2 aromatic rings. The predicted molar refractivity (Wildman–Crippen MR) is 176 cm³/mol. The minimum atomic E-state index is -5.36. The molecule has 1 saturated heterocycles. The number of hydrogen-bond acceptors (Lipinski definition) is 15. The molecule has 1 aliphatic heterocycles. The van der Waals surface area contributed by atoms with Crippen LogP contribution in [0.4, 0.5) is 18.9 Å². The van der Waals surface area contributed by atoms with Gasteiger partial charge in [-0.3, -0.25) is 24.5 Å². The Balaban J connectivity index is 1.34. The number of nitro benzene ring substituents is 1. The number of nitro groups is 1. The number of benzene rings is 2. The van der Waals surface area contributed by atoms with Crippen LogP contribution >= 0.6 is 0 Å². The smallest absolute Gasteiger partial charge is 0.417 e. The number of nitrogens with zero attached hydrogens (tertiary/aromatic N) is 1. The van der Waals surface area contributed by atoms with Crippen molar-refractivity contribution in [2.45, 2.75) is 85.7 Å². The molecule has 0 amide bonds. The van der Waals surface area contributed by atoms with Crippen LogP contribution in [0.15, 0.2) is 52.4 Å². The monoisotopic (exact) mass is 800 g/mol. The second-order valence-corrected chi connectivity index (χ2v) is 15.5. The van der Waals surface area contributed by atoms with Gasteiger partial charge in [-0.2, -0.15) is 13.2 Å². The molecule has 2 aromatic carbocycles. The summed E-state index contributed by atoms with van der Waals surface area (Å²) in [6, 6.07) is 3.49. The van der Waals surface area contributed by atoms with Crippen molar-refractivity contribution in [2.75, 3.05) is 13.7 Å². The molecule has 1 heterocycles. The molecule has 17 nitrogen and oxygen atoms in total. The first-order valence-corrected chi connectivity index (χ1v) is 18.2. The highest BCUT2D eigenvalue weighted by atomic mass is 32.2. The molecule has 0 spiro atoms. The Bertz CT molecular complexity index is 2090. The van der Waals surface area contributed by atoms with E-state index in [4.69, 9.17) is 14.2 Å². The van der Waals surface area contributed by atoms with Gasteiger partial charge >= 0.3 is 6.18 Å². The third-order valence-corrected chi connectivity index (χ3v) is 12.2. The van der Waals surface area contributed by atoms with Crippen molar-refractivity contribution < 1.29 is 80.6 Å². The molecule has 0 bridgehead atoms. The second-order valence-electron chi connectivity index (χ2n) is 13.9. The molecule has 10 atom stereocenters. The molecule has 6 N–H and O–H groups in total. The van der Waals surface area contributed by atoms with Gasteiger partial charge in [0.15, 0.2) is 23.6 Å². The van der Waals surface area contributed by atoms with Crippen molar-refractivity contribution in [3.63, 3.8) is 0 Å². The summed E-state index contributed by atoms with van der Waals surface area (Å²) in [5, 5.41) is 66.8. The normalized spacial score (nSPS) is 32.4. The van der Waals surface area contributed by atoms with E-state index >= 15 is 0 Å². The summed E-state index contributed by atoms with van der Waals surface area (Å²) in [6.07, 6.45) is -17.3. The van der Waals surface area contributed by atoms with E-state index in [0.29, 0.717) is 12.1 Å². The van der Waals surface area contributed by atoms with E-state index in [1.54, 1.807) is 0 Å². The fraction of sp³-hybridized carbons (Fsp3) is 0.500. The first-order valence-electron chi connectivity index (χ1n) is 16.7. The van der Waals surface area contributed by atoms with E-state index in [0.717, 1.165) is 0 Å². The topological polar surface area (TPSA) is 269 Å². The molecule has 55 heavy (non-hydrogen) atoms. The first kappa shape index (κ1) is 40.5. The van der Waals surface area contributed by atoms with Crippen molar-refractivity contribution in [1.29, 1.82) is 0 Å². The number of aliphatic hydroxyl groups is 5. The number of sulfonamides is 1. The molecule has 6 rings (SSSR count). The van der Waals surface area contributed by atoms with Gasteiger partial charge < -0.3 is 39.7 Å². The van der Waals surface area contributed by atoms with Crippen LogP contribution in [0.3, 0.4) is 0 Å². The van der Waals surface area contributed by atoms with E-state index in [1.165, 1.54) is 32.2 Å². The maximum Gasteiger partial charge on any atom is 0.417 e. The average molecular weight is 801 g/mol. The second kappa shape index (κ2) is 14.4. The number of carbonyl (C=O) groups excluding carboxylic acids is 3. The van der Waals surface area contributed by atoms with Crippen LogP contribution in [-0.2, 0) is 30.5 Å². The number of carbonyl (C=O) groups is 3. The van der Waals surface area contributed by atoms with Crippen molar-refractivity contribution in [2.24, 2.45) is 11.8 Å². The minimum Gasteiger partial charge on any atom is -0.496 e. The molecular formula is C34H35F3N2O15S. The van der Waals surface area contributed by atoms with E-state index in [9.17, 15) is 71.6 Å². The van der Waals surface area contributed by atoms with Crippen LogP contribution in [-0.4, -0.2) is 118 Å². The highest BCUT2D eigenvalue weighted by molar-refractivity contribution is 7.89. The third kappa shape index (κ3) is 6.97. The van der Waals surface area contributed by atoms with Crippen molar-refractivity contribution >= 4 is 33.1 Å². The number of Topliss-reactive ketones (excluding diaryl/α,β-unsaturated/α-hetero) is 3.